The third-order valence-electron chi connectivity index (χ3n) is 5.02. The van der Waals surface area contributed by atoms with Crippen molar-refractivity contribution < 1.29 is 32.4 Å². The van der Waals surface area contributed by atoms with E-state index in [9.17, 15) is 32.9 Å². The van der Waals surface area contributed by atoms with Gasteiger partial charge in [-0.15, -0.1) is 0 Å². The molecule has 1 saturated heterocycles. The molecule has 1 amide bonds. The summed E-state index contributed by atoms with van der Waals surface area (Å²) in [6, 6.07) is 10.6. The van der Waals surface area contributed by atoms with Crippen molar-refractivity contribution in [1.82, 2.24) is 4.90 Å². The van der Waals surface area contributed by atoms with Crippen LogP contribution in [0.5, 0.6) is 0 Å². The summed E-state index contributed by atoms with van der Waals surface area (Å²) in [7, 11) is 0. The molecule has 0 unspecified atom stereocenters. The smallest absolute Gasteiger partial charge is 0.416 e. The quantitative estimate of drug-likeness (QED) is 0.282. The first-order valence-corrected chi connectivity index (χ1v) is 9.93. The molecule has 0 atom stereocenters. The molecular formula is C22H20F3N3O5. The summed E-state index contributed by atoms with van der Waals surface area (Å²) in [5.41, 5.74) is 0.145. The van der Waals surface area contributed by atoms with E-state index in [4.69, 9.17) is 4.74 Å². The van der Waals surface area contributed by atoms with Gasteiger partial charge in [0.25, 0.3) is 11.6 Å². The van der Waals surface area contributed by atoms with Gasteiger partial charge in [0.2, 0.25) is 0 Å². The van der Waals surface area contributed by atoms with E-state index in [0.717, 1.165) is 23.9 Å². The fourth-order valence-corrected chi connectivity index (χ4v) is 3.25. The van der Waals surface area contributed by atoms with Gasteiger partial charge < -0.3 is 14.5 Å². The van der Waals surface area contributed by atoms with Crippen LogP contribution in [0.3, 0.4) is 0 Å². The number of nitro benzene ring substituents is 1. The zero-order valence-electron chi connectivity index (χ0n) is 17.3. The second-order valence-electron chi connectivity index (χ2n) is 7.21. The second-order valence-corrected chi connectivity index (χ2v) is 7.21. The minimum atomic E-state index is -4.49. The van der Waals surface area contributed by atoms with Gasteiger partial charge in [-0.25, -0.2) is 4.79 Å². The van der Waals surface area contributed by atoms with Gasteiger partial charge in [-0.1, -0.05) is 12.1 Å². The second kappa shape index (κ2) is 10.2. The number of amides is 1. The number of nitro groups is 1. The number of hydrogen-bond acceptors (Lipinski definition) is 6. The van der Waals surface area contributed by atoms with Crippen molar-refractivity contribution in [1.29, 1.82) is 0 Å². The first-order valence-electron chi connectivity index (χ1n) is 9.93. The SMILES string of the molecule is O=C(/C=C/c1cccc(C(F)(F)F)c1)OCC(=O)N1CCN(c2ccc([N+](=O)[O-])cc2)CC1. The Labute approximate surface area is 187 Å². The molecule has 1 aliphatic rings. The molecule has 0 radical (unpaired) electrons. The van der Waals surface area contributed by atoms with E-state index in [1.807, 2.05) is 4.90 Å². The summed E-state index contributed by atoms with van der Waals surface area (Å²) in [6.07, 6.45) is -2.33. The van der Waals surface area contributed by atoms with Crippen molar-refractivity contribution in [3.63, 3.8) is 0 Å². The molecule has 8 nitrogen and oxygen atoms in total. The lowest BCUT2D eigenvalue weighted by Crippen LogP contribution is -2.49. The molecule has 0 aliphatic carbocycles. The number of nitrogens with zero attached hydrogens (tertiary/aromatic N) is 3. The van der Waals surface area contributed by atoms with Crippen molar-refractivity contribution in [2.24, 2.45) is 0 Å². The third kappa shape index (κ3) is 6.55. The number of alkyl halides is 3. The predicted molar refractivity (Wildman–Crippen MR) is 113 cm³/mol. The van der Waals surface area contributed by atoms with Crippen molar-refractivity contribution in [3.05, 3.63) is 75.8 Å². The summed E-state index contributed by atoms with van der Waals surface area (Å²) >= 11 is 0. The Morgan fingerprint density at radius 3 is 2.33 bits per heavy atom. The average molecular weight is 463 g/mol. The highest BCUT2D eigenvalue weighted by Gasteiger charge is 2.30. The topological polar surface area (TPSA) is 93.0 Å². The maximum atomic E-state index is 12.7. The van der Waals surface area contributed by atoms with Crippen LogP contribution in [0.1, 0.15) is 11.1 Å². The highest BCUT2D eigenvalue weighted by atomic mass is 19.4. The molecule has 3 rings (SSSR count). The van der Waals surface area contributed by atoms with Crippen LogP contribution in [0.15, 0.2) is 54.6 Å². The lowest BCUT2D eigenvalue weighted by atomic mass is 10.1. The Hall–Kier alpha value is -3.89. The highest BCUT2D eigenvalue weighted by molar-refractivity contribution is 5.89. The molecule has 1 aliphatic heterocycles. The molecule has 174 valence electrons. The molecule has 2 aromatic rings. The molecule has 0 spiro atoms. The number of halogens is 3. The maximum Gasteiger partial charge on any atom is 0.416 e. The number of esters is 1. The summed E-state index contributed by atoms with van der Waals surface area (Å²) in [5, 5.41) is 10.7. The molecule has 1 heterocycles. The molecule has 0 aromatic heterocycles. The van der Waals surface area contributed by atoms with Crippen LogP contribution in [0, 0.1) is 10.1 Å². The van der Waals surface area contributed by atoms with E-state index in [1.165, 1.54) is 35.2 Å². The predicted octanol–water partition coefficient (Wildman–Crippen LogP) is 3.52. The Kier molecular flexibility index (Phi) is 7.31. The normalized spacial score (nSPS) is 14.4. The van der Waals surface area contributed by atoms with Gasteiger partial charge in [0.15, 0.2) is 6.61 Å². The summed E-state index contributed by atoms with van der Waals surface area (Å²) in [4.78, 5) is 37.9. The molecular weight excluding hydrogens is 443 g/mol. The fraction of sp³-hybridized carbons (Fsp3) is 0.273. The zero-order valence-corrected chi connectivity index (χ0v) is 17.3. The summed E-state index contributed by atoms with van der Waals surface area (Å²) in [5.74, 6) is -1.23. The number of carbonyl (C=O) groups is 2. The van der Waals surface area contributed by atoms with Crippen LogP contribution in [0.2, 0.25) is 0 Å². The van der Waals surface area contributed by atoms with Crippen LogP contribution in [0.25, 0.3) is 6.08 Å². The first kappa shape index (κ1) is 23.8. The fourth-order valence-electron chi connectivity index (χ4n) is 3.25. The number of non-ortho nitro benzene ring substituents is 1. The summed E-state index contributed by atoms with van der Waals surface area (Å²) in [6.45, 7) is 1.30. The number of benzene rings is 2. The molecule has 0 saturated carbocycles. The van der Waals surface area contributed by atoms with Gasteiger partial charge in [-0.05, 0) is 35.9 Å². The third-order valence-corrected chi connectivity index (χ3v) is 5.02. The van der Waals surface area contributed by atoms with E-state index in [-0.39, 0.29) is 17.2 Å². The Morgan fingerprint density at radius 2 is 1.73 bits per heavy atom. The van der Waals surface area contributed by atoms with Crippen LogP contribution in [-0.4, -0.2) is 54.5 Å². The Bertz CT molecular complexity index is 1050. The van der Waals surface area contributed by atoms with E-state index >= 15 is 0 Å². The van der Waals surface area contributed by atoms with Crippen LogP contribution < -0.4 is 4.90 Å². The number of hydrogen-bond donors (Lipinski definition) is 0. The van der Waals surface area contributed by atoms with E-state index < -0.39 is 29.2 Å². The maximum absolute atomic E-state index is 12.7. The van der Waals surface area contributed by atoms with Crippen LogP contribution in [-0.2, 0) is 20.5 Å². The Balaban J connectivity index is 1.45. The molecule has 2 aromatic carbocycles. The standard InChI is InChI=1S/C22H20F3N3O5/c23-22(24,25)17-3-1-2-16(14-17)4-9-21(30)33-15-20(29)27-12-10-26(11-13-27)18-5-7-19(8-6-18)28(31)32/h1-9,14H,10-13,15H2/b9-4+. The lowest BCUT2D eigenvalue weighted by Gasteiger charge is -2.36. The van der Waals surface area contributed by atoms with Gasteiger partial charge in [-0.3, -0.25) is 14.9 Å². The lowest BCUT2D eigenvalue weighted by molar-refractivity contribution is -0.384. The number of anilines is 1. The van der Waals surface area contributed by atoms with Crippen molar-refractivity contribution >= 4 is 29.3 Å². The number of ether oxygens (including phenoxy) is 1. The van der Waals surface area contributed by atoms with Crippen molar-refractivity contribution in [2.45, 2.75) is 6.18 Å². The summed E-state index contributed by atoms with van der Waals surface area (Å²) < 4.78 is 43.1. The van der Waals surface area contributed by atoms with E-state index in [0.29, 0.717) is 26.2 Å². The van der Waals surface area contributed by atoms with E-state index in [1.54, 1.807) is 12.1 Å². The highest BCUT2D eigenvalue weighted by Crippen LogP contribution is 2.29. The Morgan fingerprint density at radius 1 is 1.06 bits per heavy atom. The van der Waals surface area contributed by atoms with Gasteiger partial charge in [0, 0.05) is 50.1 Å². The van der Waals surface area contributed by atoms with Crippen LogP contribution >= 0.6 is 0 Å². The van der Waals surface area contributed by atoms with Gasteiger partial charge in [0.05, 0.1) is 10.5 Å². The molecule has 0 bridgehead atoms. The van der Waals surface area contributed by atoms with E-state index in [2.05, 4.69) is 0 Å². The van der Waals surface area contributed by atoms with Crippen molar-refractivity contribution in [2.75, 3.05) is 37.7 Å². The minimum Gasteiger partial charge on any atom is -0.452 e. The largest absolute Gasteiger partial charge is 0.452 e. The zero-order chi connectivity index (χ0) is 24.0. The molecule has 1 fully saturated rings. The minimum absolute atomic E-state index is 0.00325. The van der Waals surface area contributed by atoms with Gasteiger partial charge in [0.1, 0.15) is 0 Å². The van der Waals surface area contributed by atoms with Crippen molar-refractivity contribution in [3.8, 4) is 0 Å². The number of carbonyl (C=O) groups excluding carboxylic acids is 2. The molecule has 33 heavy (non-hydrogen) atoms. The van der Waals surface area contributed by atoms with Gasteiger partial charge in [-0.2, -0.15) is 13.2 Å². The number of rotatable bonds is 6. The average Bonchev–Trinajstić information content (AvgIpc) is 2.81. The first-order chi connectivity index (χ1) is 15.6. The van der Waals surface area contributed by atoms with Gasteiger partial charge >= 0.3 is 12.1 Å². The number of piperazine rings is 1. The molecule has 0 N–H and O–H groups in total. The molecule has 11 heteroatoms. The monoisotopic (exact) mass is 463 g/mol. The van der Waals surface area contributed by atoms with Crippen LogP contribution in [0.4, 0.5) is 24.5 Å².